The highest BCUT2D eigenvalue weighted by atomic mass is 19.4. The summed E-state index contributed by atoms with van der Waals surface area (Å²) in [6, 6.07) is 12.9. The van der Waals surface area contributed by atoms with Crippen LogP contribution in [0.5, 0.6) is 0 Å². The molecule has 0 atom stereocenters. The number of carbonyl (C=O) groups excluding carboxylic acids is 1. The Morgan fingerprint density at radius 2 is 1.74 bits per heavy atom. The highest BCUT2D eigenvalue weighted by Gasteiger charge is 2.29. The van der Waals surface area contributed by atoms with Crippen molar-refractivity contribution in [2.75, 3.05) is 5.32 Å². The fourth-order valence-corrected chi connectivity index (χ4v) is 2.17. The number of amides is 1. The van der Waals surface area contributed by atoms with Crippen molar-refractivity contribution >= 4 is 17.4 Å². The monoisotopic (exact) mass is 373 g/mol. The maximum atomic E-state index is 12.6. The molecule has 1 amide bonds. The third-order valence-corrected chi connectivity index (χ3v) is 3.54. The summed E-state index contributed by atoms with van der Waals surface area (Å²) in [5.41, 5.74) is 0.506. The summed E-state index contributed by atoms with van der Waals surface area (Å²) in [6.45, 7) is 0.257. The molecule has 0 spiro atoms. The smallest absolute Gasteiger partial charge is 0.345 e. The molecule has 0 radical (unpaired) electrons. The number of benzene rings is 1. The van der Waals surface area contributed by atoms with E-state index in [9.17, 15) is 18.0 Å². The zero-order chi connectivity index (χ0) is 19.3. The fourth-order valence-electron chi connectivity index (χ4n) is 2.17. The number of pyridine rings is 1. The summed E-state index contributed by atoms with van der Waals surface area (Å²) >= 11 is 0. The van der Waals surface area contributed by atoms with Gasteiger partial charge in [-0.3, -0.25) is 9.78 Å². The minimum absolute atomic E-state index is 0.115. The van der Waals surface area contributed by atoms with Crippen molar-refractivity contribution in [3.8, 4) is 0 Å². The van der Waals surface area contributed by atoms with E-state index in [1.54, 1.807) is 18.3 Å². The first kappa shape index (κ1) is 18.3. The van der Waals surface area contributed by atoms with E-state index in [0.29, 0.717) is 17.2 Å². The Labute approximate surface area is 152 Å². The summed E-state index contributed by atoms with van der Waals surface area (Å²) in [7, 11) is 0. The molecule has 0 fully saturated rings. The Balaban J connectivity index is 1.59. The van der Waals surface area contributed by atoms with Gasteiger partial charge in [-0.2, -0.15) is 13.2 Å². The highest BCUT2D eigenvalue weighted by Crippen LogP contribution is 2.30. The molecule has 0 saturated carbocycles. The van der Waals surface area contributed by atoms with Gasteiger partial charge in [0.2, 0.25) is 0 Å². The number of carbonyl (C=O) groups is 1. The molecule has 2 aromatic heterocycles. The topological polar surface area (TPSA) is 79.8 Å². The van der Waals surface area contributed by atoms with E-state index < -0.39 is 17.6 Å². The number of alkyl halides is 3. The second-order valence-corrected chi connectivity index (χ2v) is 5.51. The van der Waals surface area contributed by atoms with Gasteiger partial charge in [-0.15, -0.1) is 10.2 Å². The first-order chi connectivity index (χ1) is 12.9. The molecule has 3 aromatic rings. The number of anilines is 2. The van der Waals surface area contributed by atoms with Gasteiger partial charge >= 0.3 is 6.18 Å². The van der Waals surface area contributed by atoms with Gasteiger partial charge in [-0.05, 0) is 48.5 Å². The fraction of sp³-hybridized carbons (Fsp3) is 0.111. The van der Waals surface area contributed by atoms with Crippen LogP contribution in [0.3, 0.4) is 0 Å². The predicted octanol–water partition coefficient (Wildman–Crippen LogP) is 3.56. The second kappa shape index (κ2) is 7.81. The van der Waals surface area contributed by atoms with E-state index in [0.717, 1.165) is 12.1 Å². The van der Waals surface area contributed by atoms with E-state index in [-0.39, 0.29) is 12.2 Å². The van der Waals surface area contributed by atoms with Gasteiger partial charge in [0.15, 0.2) is 11.5 Å². The molecular formula is C18H14F3N5O. The van der Waals surface area contributed by atoms with Crippen LogP contribution in [0.25, 0.3) is 0 Å². The molecule has 138 valence electrons. The Kier molecular flexibility index (Phi) is 5.30. The largest absolute Gasteiger partial charge is 0.416 e. The van der Waals surface area contributed by atoms with Crippen LogP contribution in [0.15, 0.2) is 60.8 Å². The van der Waals surface area contributed by atoms with Gasteiger partial charge in [0, 0.05) is 11.9 Å². The Hall–Kier alpha value is -3.49. The lowest BCUT2D eigenvalue weighted by Crippen LogP contribution is -2.24. The van der Waals surface area contributed by atoms with Crippen LogP contribution in [0.4, 0.5) is 24.7 Å². The Morgan fingerprint density at radius 3 is 2.33 bits per heavy atom. The third-order valence-electron chi connectivity index (χ3n) is 3.54. The Bertz CT molecular complexity index is 897. The Morgan fingerprint density at radius 1 is 0.963 bits per heavy atom. The minimum Gasteiger partial charge on any atom is -0.345 e. The maximum absolute atomic E-state index is 12.6. The van der Waals surface area contributed by atoms with Gasteiger partial charge in [-0.25, -0.2) is 0 Å². The van der Waals surface area contributed by atoms with Crippen LogP contribution >= 0.6 is 0 Å². The molecule has 0 aliphatic heterocycles. The van der Waals surface area contributed by atoms with Crippen LogP contribution in [0.1, 0.15) is 21.7 Å². The van der Waals surface area contributed by atoms with Crippen molar-refractivity contribution in [3.05, 3.63) is 77.7 Å². The second-order valence-electron chi connectivity index (χ2n) is 5.51. The zero-order valence-corrected chi connectivity index (χ0v) is 13.9. The molecular weight excluding hydrogens is 359 g/mol. The molecule has 0 unspecified atom stereocenters. The van der Waals surface area contributed by atoms with Gasteiger partial charge in [0.05, 0.1) is 17.8 Å². The lowest BCUT2D eigenvalue weighted by molar-refractivity contribution is -0.137. The lowest BCUT2D eigenvalue weighted by Gasteiger charge is -2.09. The van der Waals surface area contributed by atoms with Crippen LogP contribution in [-0.2, 0) is 12.7 Å². The van der Waals surface area contributed by atoms with E-state index in [1.165, 1.54) is 24.3 Å². The zero-order valence-electron chi connectivity index (χ0n) is 13.9. The SMILES string of the molecule is O=C(NCc1ccccn1)c1ccc(Nc2ccc(C(F)(F)F)cc2)nn1. The van der Waals surface area contributed by atoms with Crippen LogP contribution in [0.2, 0.25) is 0 Å². The van der Waals surface area contributed by atoms with Crippen LogP contribution in [0, 0.1) is 0 Å². The number of halogens is 3. The summed E-state index contributed by atoms with van der Waals surface area (Å²) in [5, 5.41) is 13.2. The van der Waals surface area contributed by atoms with E-state index in [2.05, 4.69) is 25.8 Å². The van der Waals surface area contributed by atoms with Gasteiger partial charge in [0.1, 0.15) is 0 Å². The highest BCUT2D eigenvalue weighted by molar-refractivity contribution is 5.92. The van der Waals surface area contributed by atoms with E-state index in [1.807, 2.05) is 6.07 Å². The van der Waals surface area contributed by atoms with E-state index in [4.69, 9.17) is 0 Å². The first-order valence-electron chi connectivity index (χ1n) is 7.88. The van der Waals surface area contributed by atoms with Gasteiger partial charge in [0.25, 0.3) is 5.91 Å². The summed E-state index contributed by atoms with van der Waals surface area (Å²) < 4.78 is 37.7. The quantitative estimate of drug-likeness (QED) is 0.715. The number of nitrogens with one attached hydrogen (secondary N) is 2. The number of hydrogen-bond acceptors (Lipinski definition) is 5. The standard InChI is InChI=1S/C18H14F3N5O/c19-18(20,21)12-4-6-13(7-5-12)24-16-9-8-15(25-26-16)17(27)23-11-14-3-1-2-10-22-14/h1-10H,11H2,(H,23,27)(H,24,26). The molecule has 27 heavy (non-hydrogen) atoms. The predicted molar refractivity (Wildman–Crippen MR) is 92.2 cm³/mol. The molecule has 0 saturated heterocycles. The molecule has 1 aromatic carbocycles. The van der Waals surface area contributed by atoms with Crippen molar-refractivity contribution < 1.29 is 18.0 Å². The average molecular weight is 373 g/mol. The van der Waals surface area contributed by atoms with Crippen molar-refractivity contribution in [1.29, 1.82) is 0 Å². The number of aromatic nitrogens is 3. The number of nitrogens with zero attached hydrogens (tertiary/aromatic N) is 3. The summed E-state index contributed by atoms with van der Waals surface area (Å²) in [6.07, 6.45) is -2.76. The minimum atomic E-state index is -4.39. The summed E-state index contributed by atoms with van der Waals surface area (Å²) in [5.74, 6) is -0.106. The third kappa shape index (κ3) is 5.00. The number of rotatable bonds is 5. The van der Waals surface area contributed by atoms with Crippen molar-refractivity contribution in [2.24, 2.45) is 0 Å². The van der Waals surface area contributed by atoms with Crippen molar-refractivity contribution in [2.45, 2.75) is 12.7 Å². The first-order valence-corrected chi connectivity index (χ1v) is 7.88. The molecule has 6 nitrogen and oxygen atoms in total. The van der Waals surface area contributed by atoms with Crippen LogP contribution in [-0.4, -0.2) is 21.1 Å². The molecule has 0 bridgehead atoms. The van der Waals surface area contributed by atoms with Crippen molar-refractivity contribution in [3.63, 3.8) is 0 Å². The van der Waals surface area contributed by atoms with Crippen LogP contribution < -0.4 is 10.6 Å². The molecule has 2 heterocycles. The van der Waals surface area contributed by atoms with Gasteiger partial charge in [-0.1, -0.05) is 6.07 Å². The van der Waals surface area contributed by atoms with E-state index >= 15 is 0 Å². The molecule has 0 aliphatic carbocycles. The maximum Gasteiger partial charge on any atom is 0.416 e. The van der Waals surface area contributed by atoms with Gasteiger partial charge < -0.3 is 10.6 Å². The van der Waals surface area contributed by atoms with Crippen molar-refractivity contribution in [1.82, 2.24) is 20.5 Å². The molecule has 2 N–H and O–H groups in total. The lowest BCUT2D eigenvalue weighted by atomic mass is 10.2. The molecule has 0 aliphatic rings. The summed E-state index contributed by atoms with van der Waals surface area (Å²) in [4.78, 5) is 16.1. The normalized spacial score (nSPS) is 11.1. The number of hydrogen-bond donors (Lipinski definition) is 2. The molecule has 3 rings (SSSR count). The average Bonchev–Trinajstić information content (AvgIpc) is 2.67. The molecule has 9 heteroatoms.